The van der Waals surface area contributed by atoms with Gasteiger partial charge in [0.1, 0.15) is 5.75 Å². The number of carbonyl (C=O) groups excluding carboxylic acids is 1. The van der Waals surface area contributed by atoms with Gasteiger partial charge in [0.2, 0.25) is 0 Å². The minimum absolute atomic E-state index is 0.227. The third-order valence-electron chi connectivity index (χ3n) is 3.81. The number of rotatable bonds is 5. The summed E-state index contributed by atoms with van der Waals surface area (Å²) in [4.78, 5) is 20.6. The molecule has 3 aromatic rings. The zero-order valence-corrected chi connectivity index (χ0v) is 14.4. The number of amides is 2. The Labute approximate surface area is 152 Å². The first kappa shape index (κ1) is 17.4. The molecular formula is C20H20N4O2. The molecule has 0 aliphatic carbocycles. The van der Waals surface area contributed by atoms with Gasteiger partial charge in [0.25, 0.3) is 0 Å². The number of nitrogens with zero attached hydrogens (tertiary/aromatic N) is 2. The van der Waals surface area contributed by atoms with Crippen LogP contribution < -0.4 is 10.6 Å². The molecule has 0 saturated heterocycles. The molecule has 132 valence electrons. The molecule has 0 aliphatic heterocycles. The minimum Gasteiger partial charge on any atom is -0.508 e. The predicted molar refractivity (Wildman–Crippen MR) is 101 cm³/mol. The molecular weight excluding hydrogens is 328 g/mol. The second-order valence-corrected chi connectivity index (χ2v) is 5.90. The molecule has 0 unspecified atom stereocenters. The number of aromatic hydroxyl groups is 1. The molecule has 3 rings (SSSR count). The lowest BCUT2D eigenvalue weighted by Crippen LogP contribution is -2.30. The lowest BCUT2D eigenvalue weighted by atomic mass is 10.1. The van der Waals surface area contributed by atoms with Crippen LogP contribution in [0, 0.1) is 6.92 Å². The van der Waals surface area contributed by atoms with Gasteiger partial charge in [0, 0.05) is 29.7 Å². The van der Waals surface area contributed by atoms with Gasteiger partial charge in [-0.3, -0.25) is 0 Å². The summed E-state index contributed by atoms with van der Waals surface area (Å²) in [5.41, 5.74) is 3.45. The first-order valence-corrected chi connectivity index (χ1v) is 8.33. The van der Waals surface area contributed by atoms with Crippen molar-refractivity contribution in [2.75, 3.05) is 11.9 Å². The Morgan fingerprint density at radius 1 is 1.12 bits per heavy atom. The summed E-state index contributed by atoms with van der Waals surface area (Å²) < 4.78 is 0. The molecule has 0 saturated carbocycles. The Kier molecular flexibility index (Phi) is 5.43. The third kappa shape index (κ3) is 4.80. The van der Waals surface area contributed by atoms with Crippen molar-refractivity contribution in [3.63, 3.8) is 0 Å². The molecule has 0 atom stereocenters. The van der Waals surface area contributed by atoms with Crippen molar-refractivity contribution in [3.8, 4) is 17.1 Å². The largest absolute Gasteiger partial charge is 0.508 e. The normalized spacial score (nSPS) is 10.3. The molecule has 3 N–H and O–H groups in total. The number of benzene rings is 2. The maximum Gasteiger partial charge on any atom is 0.319 e. The summed E-state index contributed by atoms with van der Waals surface area (Å²) in [6, 6.07) is 15.9. The van der Waals surface area contributed by atoms with Crippen molar-refractivity contribution in [1.82, 2.24) is 15.3 Å². The van der Waals surface area contributed by atoms with Crippen LogP contribution in [0.5, 0.6) is 5.75 Å². The van der Waals surface area contributed by atoms with Gasteiger partial charge < -0.3 is 15.7 Å². The Morgan fingerprint density at radius 2 is 1.92 bits per heavy atom. The quantitative estimate of drug-likeness (QED) is 0.658. The van der Waals surface area contributed by atoms with Crippen LogP contribution in [0.1, 0.15) is 11.3 Å². The number of urea groups is 1. The molecule has 0 radical (unpaired) electrons. The van der Waals surface area contributed by atoms with E-state index in [1.165, 1.54) is 0 Å². The van der Waals surface area contributed by atoms with E-state index >= 15 is 0 Å². The Bertz CT molecular complexity index is 894. The number of aryl methyl sites for hydroxylation is 1. The van der Waals surface area contributed by atoms with Gasteiger partial charge in [-0.1, -0.05) is 12.1 Å². The number of aromatic nitrogens is 2. The van der Waals surface area contributed by atoms with Gasteiger partial charge >= 0.3 is 6.03 Å². The van der Waals surface area contributed by atoms with Gasteiger partial charge in [-0.15, -0.1) is 0 Å². The average molecular weight is 348 g/mol. The summed E-state index contributed by atoms with van der Waals surface area (Å²) in [7, 11) is 0. The molecule has 1 aromatic heterocycles. The van der Waals surface area contributed by atoms with Crippen LogP contribution in [-0.4, -0.2) is 27.7 Å². The van der Waals surface area contributed by atoms with E-state index in [4.69, 9.17) is 0 Å². The highest BCUT2D eigenvalue weighted by Crippen LogP contribution is 2.18. The molecule has 6 heteroatoms. The SMILES string of the molecule is Cc1ccnc(-c2ccc(NC(=O)NCCc3cccc(O)c3)cc2)n1. The summed E-state index contributed by atoms with van der Waals surface area (Å²) in [5.74, 6) is 0.886. The van der Waals surface area contributed by atoms with Crippen molar-refractivity contribution in [2.45, 2.75) is 13.3 Å². The number of nitrogens with one attached hydrogen (secondary N) is 2. The van der Waals surface area contributed by atoms with Gasteiger partial charge in [0.05, 0.1) is 0 Å². The minimum atomic E-state index is -0.273. The van der Waals surface area contributed by atoms with Crippen molar-refractivity contribution in [1.29, 1.82) is 0 Å². The average Bonchev–Trinajstić information content (AvgIpc) is 2.62. The Balaban J connectivity index is 1.51. The Hall–Kier alpha value is -3.41. The number of anilines is 1. The molecule has 1 heterocycles. The van der Waals surface area contributed by atoms with Crippen molar-refractivity contribution in [3.05, 3.63) is 72.1 Å². The topological polar surface area (TPSA) is 87.1 Å². The fourth-order valence-electron chi connectivity index (χ4n) is 2.50. The van der Waals surface area contributed by atoms with E-state index in [1.54, 1.807) is 24.4 Å². The highest BCUT2D eigenvalue weighted by atomic mass is 16.3. The van der Waals surface area contributed by atoms with E-state index in [2.05, 4.69) is 20.6 Å². The number of hydrogen-bond acceptors (Lipinski definition) is 4. The van der Waals surface area contributed by atoms with E-state index in [0.717, 1.165) is 16.8 Å². The molecule has 0 bridgehead atoms. The van der Waals surface area contributed by atoms with E-state index in [-0.39, 0.29) is 11.8 Å². The molecule has 0 aliphatic rings. The van der Waals surface area contributed by atoms with Gasteiger partial charge in [-0.25, -0.2) is 14.8 Å². The van der Waals surface area contributed by atoms with E-state index in [1.807, 2.05) is 43.3 Å². The summed E-state index contributed by atoms with van der Waals surface area (Å²) in [6.07, 6.45) is 2.37. The molecule has 0 fully saturated rings. The van der Waals surface area contributed by atoms with Gasteiger partial charge in [0.15, 0.2) is 5.82 Å². The molecule has 2 aromatic carbocycles. The number of hydrogen-bond donors (Lipinski definition) is 3. The highest BCUT2D eigenvalue weighted by Gasteiger charge is 2.04. The summed E-state index contributed by atoms with van der Waals surface area (Å²) in [6.45, 7) is 2.40. The maximum atomic E-state index is 12.0. The fraction of sp³-hybridized carbons (Fsp3) is 0.150. The summed E-state index contributed by atoms with van der Waals surface area (Å²) in [5, 5.41) is 15.0. The van der Waals surface area contributed by atoms with Crippen LogP contribution in [0.25, 0.3) is 11.4 Å². The van der Waals surface area contributed by atoms with Crippen molar-refractivity contribution in [2.24, 2.45) is 0 Å². The molecule has 6 nitrogen and oxygen atoms in total. The zero-order chi connectivity index (χ0) is 18.4. The highest BCUT2D eigenvalue weighted by molar-refractivity contribution is 5.89. The van der Waals surface area contributed by atoms with Crippen molar-refractivity contribution < 1.29 is 9.90 Å². The molecule has 26 heavy (non-hydrogen) atoms. The fourth-order valence-corrected chi connectivity index (χ4v) is 2.50. The molecule has 0 spiro atoms. The van der Waals surface area contributed by atoms with Crippen LogP contribution in [0.2, 0.25) is 0 Å². The third-order valence-corrected chi connectivity index (χ3v) is 3.81. The van der Waals surface area contributed by atoms with E-state index in [9.17, 15) is 9.90 Å². The number of phenols is 1. The second kappa shape index (κ2) is 8.11. The first-order valence-electron chi connectivity index (χ1n) is 8.33. The smallest absolute Gasteiger partial charge is 0.319 e. The second-order valence-electron chi connectivity index (χ2n) is 5.90. The van der Waals surface area contributed by atoms with Crippen LogP contribution in [0.4, 0.5) is 10.5 Å². The van der Waals surface area contributed by atoms with Crippen LogP contribution >= 0.6 is 0 Å². The summed E-state index contributed by atoms with van der Waals surface area (Å²) >= 11 is 0. The monoisotopic (exact) mass is 348 g/mol. The van der Waals surface area contributed by atoms with E-state index < -0.39 is 0 Å². The zero-order valence-electron chi connectivity index (χ0n) is 14.4. The lowest BCUT2D eigenvalue weighted by Gasteiger charge is -2.08. The van der Waals surface area contributed by atoms with Crippen LogP contribution in [0.15, 0.2) is 60.8 Å². The first-order chi connectivity index (χ1) is 12.6. The lowest BCUT2D eigenvalue weighted by molar-refractivity contribution is 0.252. The Morgan fingerprint density at radius 3 is 2.65 bits per heavy atom. The maximum absolute atomic E-state index is 12.0. The predicted octanol–water partition coefficient (Wildman–Crippen LogP) is 3.52. The van der Waals surface area contributed by atoms with E-state index in [0.29, 0.717) is 24.5 Å². The van der Waals surface area contributed by atoms with Crippen LogP contribution in [-0.2, 0) is 6.42 Å². The standard InChI is InChI=1S/C20H20N4O2/c1-14-9-11-21-19(23-14)16-5-7-17(8-6-16)24-20(26)22-12-10-15-3-2-4-18(25)13-15/h2-9,11,13,25H,10,12H2,1H3,(H2,22,24,26). The van der Waals surface area contributed by atoms with Gasteiger partial charge in [-0.05, 0) is 61.4 Å². The molecule has 2 amide bonds. The number of carbonyl (C=O) groups is 1. The van der Waals surface area contributed by atoms with Crippen molar-refractivity contribution >= 4 is 11.7 Å². The number of phenolic OH excluding ortho intramolecular Hbond substituents is 1. The van der Waals surface area contributed by atoms with Crippen LogP contribution in [0.3, 0.4) is 0 Å². The van der Waals surface area contributed by atoms with Gasteiger partial charge in [-0.2, -0.15) is 0 Å².